The minimum Gasteiger partial charge on any atom is -0.395 e. The molecule has 0 amide bonds. The molecular weight excluding hydrogens is 259 g/mol. The highest BCUT2D eigenvalue weighted by molar-refractivity contribution is 8.00. The van der Waals surface area contributed by atoms with Crippen molar-refractivity contribution in [2.24, 2.45) is 0 Å². The molecule has 0 saturated carbocycles. The molecule has 2 N–H and O–H groups in total. The Morgan fingerprint density at radius 2 is 2.33 bits per heavy atom. The van der Waals surface area contributed by atoms with E-state index < -0.39 is 17.1 Å². The van der Waals surface area contributed by atoms with E-state index in [1.807, 2.05) is 0 Å². The predicted molar refractivity (Wildman–Crippen MR) is 68.2 cm³/mol. The fourth-order valence-corrected chi connectivity index (χ4v) is 3.28. The van der Waals surface area contributed by atoms with E-state index in [0.717, 1.165) is 6.42 Å². The molecule has 1 aliphatic rings. The van der Waals surface area contributed by atoms with Crippen molar-refractivity contribution in [3.05, 3.63) is 39.2 Å². The Kier molecular flexibility index (Phi) is 3.72. The van der Waals surface area contributed by atoms with Gasteiger partial charge < -0.3 is 5.11 Å². The third-order valence-corrected chi connectivity index (χ3v) is 4.41. The number of aliphatic hydroxyl groups is 1. The van der Waals surface area contributed by atoms with E-state index in [-0.39, 0.29) is 22.8 Å². The second-order valence-electron chi connectivity index (χ2n) is 4.09. The van der Waals surface area contributed by atoms with Crippen molar-refractivity contribution in [1.82, 2.24) is 9.55 Å². The lowest BCUT2D eigenvalue weighted by Gasteiger charge is -2.13. The lowest BCUT2D eigenvalue weighted by molar-refractivity contribution is 0.292. The van der Waals surface area contributed by atoms with Gasteiger partial charge in [-0.3, -0.25) is 14.3 Å². The summed E-state index contributed by atoms with van der Waals surface area (Å²) in [5, 5.41) is 8.93. The molecule has 1 aromatic heterocycles. The number of rotatable bonds is 3. The van der Waals surface area contributed by atoms with Gasteiger partial charge in [0, 0.05) is 11.4 Å². The van der Waals surface area contributed by atoms with Crippen molar-refractivity contribution in [1.29, 1.82) is 0 Å². The first kappa shape index (κ1) is 13.1. The average molecular weight is 272 g/mol. The Bertz CT molecular complexity index is 580. The predicted octanol–water partition coefficient (Wildman–Crippen LogP) is 0.863. The van der Waals surface area contributed by atoms with Crippen LogP contribution in [0.15, 0.2) is 22.4 Å². The second-order valence-corrected chi connectivity index (χ2v) is 5.57. The van der Waals surface area contributed by atoms with Gasteiger partial charge >= 0.3 is 5.69 Å². The van der Waals surface area contributed by atoms with E-state index in [9.17, 15) is 14.0 Å². The van der Waals surface area contributed by atoms with E-state index in [1.54, 1.807) is 0 Å². The zero-order chi connectivity index (χ0) is 13.3. The number of aromatic nitrogens is 2. The zero-order valence-electron chi connectivity index (χ0n) is 9.56. The summed E-state index contributed by atoms with van der Waals surface area (Å²) in [4.78, 5) is 25.1. The van der Waals surface area contributed by atoms with Crippen molar-refractivity contribution in [3.63, 3.8) is 0 Å². The average Bonchev–Trinajstić information content (AvgIpc) is 2.77. The molecule has 1 saturated heterocycles. The SMILES string of the molecule is C=C(F)c1cn(C2CCC(CO)S2)c(=O)[nH]c1=O. The quantitative estimate of drug-likeness (QED) is 0.856. The highest BCUT2D eigenvalue weighted by Crippen LogP contribution is 2.40. The largest absolute Gasteiger partial charge is 0.395 e. The first-order valence-electron chi connectivity index (χ1n) is 5.49. The monoisotopic (exact) mass is 272 g/mol. The summed E-state index contributed by atoms with van der Waals surface area (Å²) in [5.41, 5.74) is -1.57. The molecule has 0 spiro atoms. The van der Waals surface area contributed by atoms with E-state index >= 15 is 0 Å². The minimum absolute atomic E-state index is 0.0436. The standard InChI is InChI=1S/C11H13FN2O3S/c1-6(12)8-4-14(11(17)13-10(8)16)9-3-2-7(5-15)18-9/h4,7,9,15H,1-3,5H2,(H,13,16,17). The molecule has 2 rings (SSSR count). The van der Waals surface area contributed by atoms with E-state index in [4.69, 9.17) is 5.11 Å². The molecule has 7 heteroatoms. The van der Waals surface area contributed by atoms with E-state index in [0.29, 0.717) is 6.42 Å². The number of H-pyrrole nitrogens is 1. The topological polar surface area (TPSA) is 75.1 Å². The molecule has 1 aliphatic heterocycles. The molecule has 18 heavy (non-hydrogen) atoms. The Morgan fingerprint density at radius 3 is 2.89 bits per heavy atom. The van der Waals surface area contributed by atoms with Crippen molar-refractivity contribution in [3.8, 4) is 0 Å². The Hall–Kier alpha value is -1.34. The Labute approximate surface area is 106 Å². The normalized spacial score (nSPS) is 23.2. The lowest BCUT2D eigenvalue weighted by Crippen LogP contribution is -2.32. The van der Waals surface area contributed by atoms with E-state index in [1.165, 1.54) is 22.5 Å². The highest BCUT2D eigenvalue weighted by atomic mass is 32.2. The van der Waals surface area contributed by atoms with Crippen LogP contribution in [0.4, 0.5) is 4.39 Å². The maximum absolute atomic E-state index is 13.1. The van der Waals surface area contributed by atoms with Crippen LogP contribution < -0.4 is 11.2 Å². The van der Waals surface area contributed by atoms with Gasteiger partial charge in [0.25, 0.3) is 5.56 Å². The summed E-state index contributed by atoms with van der Waals surface area (Å²) in [6.07, 6.45) is 2.67. The van der Waals surface area contributed by atoms with Gasteiger partial charge in [0.2, 0.25) is 0 Å². The van der Waals surface area contributed by atoms with Gasteiger partial charge in [-0.1, -0.05) is 6.58 Å². The van der Waals surface area contributed by atoms with Crippen molar-refractivity contribution in [2.45, 2.75) is 23.5 Å². The first-order valence-corrected chi connectivity index (χ1v) is 6.43. The number of halogens is 1. The number of aromatic amines is 1. The van der Waals surface area contributed by atoms with Gasteiger partial charge in [0.05, 0.1) is 17.5 Å². The third-order valence-electron chi connectivity index (χ3n) is 2.86. The number of nitrogens with zero attached hydrogens (tertiary/aromatic N) is 1. The fraction of sp³-hybridized carbons (Fsp3) is 0.455. The maximum Gasteiger partial charge on any atom is 0.329 e. The second kappa shape index (κ2) is 5.11. The number of thioether (sulfide) groups is 1. The lowest BCUT2D eigenvalue weighted by atomic mass is 10.2. The van der Waals surface area contributed by atoms with Crippen molar-refractivity contribution >= 4 is 17.6 Å². The summed E-state index contributed by atoms with van der Waals surface area (Å²) < 4.78 is 14.4. The van der Waals surface area contributed by atoms with Gasteiger partial charge in [-0.25, -0.2) is 9.18 Å². The molecule has 0 aromatic carbocycles. The van der Waals surface area contributed by atoms with Gasteiger partial charge in [-0.05, 0) is 12.8 Å². The molecule has 1 aromatic rings. The van der Waals surface area contributed by atoms with Crippen LogP contribution in [0.3, 0.4) is 0 Å². The summed E-state index contributed by atoms with van der Waals surface area (Å²) in [6.45, 7) is 3.11. The van der Waals surface area contributed by atoms with Crippen molar-refractivity contribution < 1.29 is 9.50 Å². The molecule has 98 valence electrons. The van der Waals surface area contributed by atoms with Gasteiger partial charge in [-0.2, -0.15) is 0 Å². The van der Waals surface area contributed by atoms with Crippen molar-refractivity contribution in [2.75, 3.05) is 6.61 Å². The molecule has 5 nitrogen and oxygen atoms in total. The fourth-order valence-electron chi connectivity index (χ4n) is 1.92. The molecule has 0 bridgehead atoms. The molecule has 2 heterocycles. The molecule has 2 unspecified atom stereocenters. The van der Waals surface area contributed by atoms with Crippen LogP contribution >= 0.6 is 11.8 Å². The zero-order valence-corrected chi connectivity index (χ0v) is 10.4. The Balaban J connectivity index is 2.40. The summed E-state index contributed by atoms with van der Waals surface area (Å²) in [7, 11) is 0. The highest BCUT2D eigenvalue weighted by Gasteiger charge is 2.27. The van der Waals surface area contributed by atoms with Crippen LogP contribution in [0.2, 0.25) is 0 Å². The number of hydrogen-bond donors (Lipinski definition) is 2. The molecule has 0 aliphatic carbocycles. The molecule has 2 atom stereocenters. The Morgan fingerprint density at radius 1 is 1.61 bits per heavy atom. The molecule has 1 fully saturated rings. The third kappa shape index (κ3) is 2.41. The van der Waals surface area contributed by atoms with Gasteiger partial charge in [-0.15, -0.1) is 11.8 Å². The van der Waals surface area contributed by atoms with Crippen LogP contribution in [0.1, 0.15) is 23.8 Å². The van der Waals surface area contributed by atoms with Crippen LogP contribution in [-0.4, -0.2) is 26.5 Å². The number of nitrogens with one attached hydrogen (secondary N) is 1. The summed E-state index contributed by atoms with van der Waals surface area (Å²) in [5.74, 6) is -0.869. The number of aliphatic hydroxyl groups excluding tert-OH is 1. The maximum atomic E-state index is 13.1. The van der Waals surface area contributed by atoms with Gasteiger partial charge in [0.15, 0.2) is 0 Å². The summed E-state index contributed by atoms with van der Waals surface area (Å²) >= 11 is 1.44. The number of hydrogen-bond acceptors (Lipinski definition) is 4. The minimum atomic E-state index is -0.869. The summed E-state index contributed by atoms with van der Waals surface area (Å²) in [6, 6.07) is 0. The van der Waals surface area contributed by atoms with E-state index in [2.05, 4.69) is 11.6 Å². The smallest absolute Gasteiger partial charge is 0.329 e. The van der Waals surface area contributed by atoms with Crippen LogP contribution in [0, 0.1) is 0 Å². The molecular formula is C11H13FN2O3S. The van der Waals surface area contributed by atoms with Crippen LogP contribution in [0.5, 0.6) is 0 Å². The van der Waals surface area contributed by atoms with Gasteiger partial charge in [0.1, 0.15) is 5.83 Å². The van der Waals surface area contributed by atoms with Crippen LogP contribution in [-0.2, 0) is 0 Å². The van der Waals surface area contributed by atoms with Crippen LogP contribution in [0.25, 0.3) is 5.83 Å². The molecule has 0 radical (unpaired) electrons. The first-order chi connectivity index (χ1) is 8.52.